The summed E-state index contributed by atoms with van der Waals surface area (Å²) in [5.74, 6) is 0.579. The fourth-order valence-corrected chi connectivity index (χ4v) is 7.40. The van der Waals surface area contributed by atoms with Crippen molar-refractivity contribution in [2.24, 2.45) is 0 Å². The average molecular weight is 373 g/mol. The highest BCUT2D eigenvalue weighted by Gasteiger charge is 2.46. The van der Waals surface area contributed by atoms with Crippen LogP contribution in [0.25, 0.3) is 0 Å². The van der Waals surface area contributed by atoms with Gasteiger partial charge in [-0.3, -0.25) is 0 Å². The van der Waals surface area contributed by atoms with Crippen LogP contribution >= 0.6 is 0 Å². The maximum Gasteiger partial charge on any atom is 0.243 e. The first kappa shape index (κ1) is 17.7. The maximum absolute atomic E-state index is 12.6. The summed E-state index contributed by atoms with van der Waals surface area (Å²) in [7, 11) is -5.36. The van der Waals surface area contributed by atoms with Crippen molar-refractivity contribution in [2.45, 2.75) is 47.5 Å². The molecule has 1 saturated carbocycles. The van der Waals surface area contributed by atoms with E-state index in [9.17, 15) is 16.8 Å². The van der Waals surface area contributed by atoms with Crippen LogP contribution in [0.15, 0.2) is 29.2 Å². The van der Waals surface area contributed by atoms with Crippen LogP contribution in [0.5, 0.6) is 5.75 Å². The topological polar surface area (TPSA) is 80.8 Å². The van der Waals surface area contributed by atoms with Gasteiger partial charge < -0.3 is 4.74 Å². The van der Waals surface area contributed by atoms with Gasteiger partial charge in [0, 0.05) is 13.1 Å². The molecular weight excluding hydrogens is 350 g/mol. The van der Waals surface area contributed by atoms with Crippen LogP contribution in [0.1, 0.15) is 32.1 Å². The number of ether oxygens (including phenoxy) is 1. The number of benzene rings is 1. The van der Waals surface area contributed by atoms with Crippen LogP contribution in [0, 0.1) is 0 Å². The minimum atomic E-state index is -3.64. The van der Waals surface area contributed by atoms with Crippen molar-refractivity contribution in [3.63, 3.8) is 0 Å². The van der Waals surface area contributed by atoms with E-state index in [1.807, 2.05) is 0 Å². The Balaban J connectivity index is 1.68. The Bertz CT molecular complexity index is 774. The molecule has 6 nitrogen and oxygen atoms in total. The lowest BCUT2D eigenvalue weighted by atomic mass is 10.0. The Hall–Kier alpha value is -1.12. The van der Waals surface area contributed by atoms with Gasteiger partial charge >= 0.3 is 0 Å². The van der Waals surface area contributed by atoms with Crippen LogP contribution in [0.2, 0.25) is 0 Å². The van der Waals surface area contributed by atoms with E-state index < -0.39 is 25.1 Å². The predicted molar refractivity (Wildman–Crippen MR) is 91.3 cm³/mol. The van der Waals surface area contributed by atoms with Gasteiger partial charge in [0.15, 0.2) is 9.84 Å². The fraction of sp³-hybridized carbons (Fsp3) is 0.625. The summed E-state index contributed by atoms with van der Waals surface area (Å²) in [4.78, 5) is 0.164. The molecule has 24 heavy (non-hydrogen) atoms. The zero-order chi connectivity index (χ0) is 17.4. The molecule has 1 aromatic rings. The molecule has 2 fully saturated rings. The zero-order valence-electron chi connectivity index (χ0n) is 13.7. The van der Waals surface area contributed by atoms with Gasteiger partial charge in [-0.1, -0.05) is 19.3 Å². The zero-order valence-corrected chi connectivity index (χ0v) is 15.4. The van der Waals surface area contributed by atoms with Crippen molar-refractivity contribution >= 4 is 19.9 Å². The number of nitrogens with zero attached hydrogens (tertiary/aromatic N) is 1. The Labute approximate surface area is 143 Å². The summed E-state index contributed by atoms with van der Waals surface area (Å²) in [6.45, 7) is 0.125. The summed E-state index contributed by atoms with van der Waals surface area (Å²) in [6, 6.07) is 6.14. The Kier molecular flexibility index (Phi) is 4.90. The number of rotatable bonds is 5. The van der Waals surface area contributed by atoms with Crippen molar-refractivity contribution in [1.82, 2.24) is 4.31 Å². The SMILES string of the molecule is COc1ccc(S(=O)(=O)N2CC(S(=O)(=O)C3CCCCC3)C2)cc1. The van der Waals surface area contributed by atoms with Crippen LogP contribution in [0.3, 0.4) is 0 Å². The molecule has 0 atom stereocenters. The highest BCUT2D eigenvalue weighted by atomic mass is 32.2. The minimum Gasteiger partial charge on any atom is -0.497 e. The van der Waals surface area contributed by atoms with E-state index >= 15 is 0 Å². The number of sulfone groups is 1. The molecule has 0 radical (unpaired) electrons. The summed E-state index contributed by atoms with van der Waals surface area (Å²) in [5, 5.41) is -0.851. The van der Waals surface area contributed by atoms with Crippen LogP contribution in [-0.2, 0) is 19.9 Å². The van der Waals surface area contributed by atoms with Gasteiger partial charge in [-0.25, -0.2) is 16.8 Å². The van der Waals surface area contributed by atoms with E-state index in [0.717, 1.165) is 19.3 Å². The molecule has 2 aliphatic rings. The summed E-state index contributed by atoms with van der Waals surface area (Å²) in [6.07, 6.45) is 4.41. The third kappa shape index (κ3) is 3.19. The normalized spacial score (nSPS) is 21.4. The van der Waals surface area contributed by atoms with Crippen molar-refractivity contribution in [3.8, 4) is 5.75 Å². The second-order valence-corrected chi connectivity index (χ2v) is 10.9. The number of hydrogen-bond donors (Lipinski definition) is 0. The van der Waals surface area contributed by atoms with Gasteiger partial charge in [0.2, 0.25) is 10.0 Å². The van der Waals surface area contributed by atoms with E-state index in [0.29, 0.717) is 18.6 Å². The van der Waals surface area contributed by atoms with E-state index in [1.165, 1.54) is 23.5 Å². The fourth-order valence-electron chi connectivity index (χ4n) is 3.37. The quantitative estimate of drug-likeness (QED) is 0.786. The summed E-state index contributed by atoms with van der Waals surface area (Å²) >= 11 is 0. The first-order valence-corrected chi connectivity index (χ1v) is 11.3. The first-order valence-electron chi connectivity index (χ1n) is 8.22. The molecule has 3 rings (SSSR count). The second-order valence-electron chi connectivity index (χ2n) is 6.47. The highest BCUT2D eigenvalue weighted by molar-refractivity contribution is 7.93. The molecule has 0 unspecified atom stereocenters. The standard InChI is InChI=1S/C16H23NO5S2/c1-22-13-7-9-15(10-8-13)24(20,21)17-11-16(12-17)23(18,19)14-5-3-2-4-6-14/h7-10,14,16H,2-6,11-12H2,1H3. The molecular formula is C16H23NO5S2. The van der Waals surface area contributed by atoms with Gasteiger partial charge in [-0.05, 0) is 37.1 Å². The molecule has 0 N–H and O–H groups in total. The van der Waals surface area contributed by atoms with Crippen molar-refractivity contribution < 1.29 is 21.6 Å². The van der Waals surface area contributed by atoms with E-state index in [2.05, 4.69) is 0 Å². The van der Waals surface area contributed by atoms with Gasteiger partial charge in [-0.15, -0.1) is 0 Å². The van der Waals surface area contributed by atoms with Crippen LogP contribution < -0.4 is 4.74 Å². The minimum absolute atomic E-state index is 0.0627. The third-order valence-electron chi connectivity index (χ3n) is 4.99. The van der Waals surface area contributed by atoms with E-state index in [1.54, 1.807) is 12.1 Å². The molecule has 0 aromatic heterocycles. The van der Waals surface area contributed by atoms with Crippen LogP contribution in [-0.4, -0.2) is 51.8 Å². The molecule has 0 spiro atoms. The third-order valence-corrected chi connectivity index (χ3v) is 9.47. The van der Waals surface area contributed by atoms with Crippen molar-refractivity contribution in [2.75, 3.05) is 20.2 Å². The lowest BCUT2D eigenvalue weighted by Gasteiger charge is -2.39. The van der Waals surface area contributed by atoms with E-state index in [-0.39, 0.29) is 23.2 Å². The molecule has 1 aliphatic heterocycles. The highest BCUT2D eigenvalue weighted by Crippen LogP contribution is 2.32. The predicted octanol–water partition coefficient (Wildman–Crippen LogP) is 1.82. The molecule has 1 aromatic carbocycles. The largest absolute Gasteiger partial charge is 0.497 e. The molecule has 1 heterocycles. The van der Waals surface area contributed by atoms with E-state index in [4.69, 9.17) is 4.74 Å². The van der Waals surface area contributed by atoms with Crippen molar-refractivity contribution in [3.05, 3.63) is 24.3 Å². The van der Waals surface area contributed by atoms with Crippen LogP contribution in [0.4, 0.5) is 0 Å². The molecule has 0 amide bonds. The second kappa shape index (κ2) is 6.65. The molecule has 8 heteroatoms. The first-order chi connectivity index (χ1) is 11.4. The Morgan fingerprint density at radius 1 is 0.917 bits per heavy atom. The number of hydrogen-bond acceptors (Lipinski definition) is 5. The lowest BCUT2D eigenvalue weighted by Crippen LogP contribution is -2.58. The van der Waals surface area contributed by atoms with Crippen molar-refractivity contribution in [1.29, 1.82) is 0 Å². The monoisotopic (exact) mass is 373 g/mol. The smallest absolute Gasteiger partial charge is 0.243 e. The molecule has 0 bridgehead atoms. The van der Waals surface area contributed by atoms with Gasteiger partial charge in [-0.2, -0.15) is 4.31 Å². The van der Waals surface area contributed by atoms with Gasteiger partial charge in [0.25, 0.3) is 0 Å². The molecule has 134 valence electrons. The number of sulfonamides is 1. The number of methoxy groups -OCH3 is 1. The summed E-state index contributed by atoms with van der Waals surface area (Å²) in [5.41, 5.74) is 0. The maximum atomic E-state index is 12.6. The van der Waals surface area contributed by atoms with Gasteiger partial charge in [0.05, 0.1) is 22.5 Å². The summed E-state index contributed by atoms with van der Waals surface area (Å²) < 4.78 is 56.6. The average Bonchev–Trinajstić information content (AvgIpc) is 2.54. The molecule has 1 aliphatic carbocycles. The molecule has 1 saturated heterocycles. The Morgan fingerprint density at radius 3 is 2.04 bits per heavy atom. The lowest BCUT2D eigenvalue weighted by molar-refractivity contribution is 0.306. The van der Waals surface area contributed by atoms with Gasteiger partial charge in [0.1, 0.15) is 5.75 Å². The Morgan fingerprint density at radius 2 is 1.50 bits per heavy atom.